The molecule has 0 spiro atoms. The van der Waals surface area contributed by atoms with Gasteiger partial charge in [0.05, 0.1) is 5.56 Å². The largest absolute Gasteiger partial charge is 0.454 e. The summed E-state index contributed by atoms with van der Waals surface area (Å²) < 4.78 is 18.4. The van der Waals surface area contributed by atoms with Gasteiger partial charge in [0.25, 0.3) is 11.8 Å². The lowest BCUT2D eigenvalue weighted by Crippen LogP contribution is -2.42. The van der Waals surface area contributed by atoms with E-state index in [9.17, 15) is 18.8 Å². The van der Waals surface area contributed by atoms with Gasteiger partial charge in [-0.25, -0.2) is 4.39 Å². The van der Waals surface area contributed by atoms with Gasteiger partial charge in [0.15, 0.2) is 6.61 Å². The van der Waals surface area contributed by atoms with Crippen LogP contribution in [0.3, 0.4) is 0 Å². The summed E-state index contributed by atoms with van der Waals surface area (Å²) in [5.74, 6) is -1.82. The minimum atomic E-state index is -0.752. The highest BCUT2D eigenvalue weighted by Gasteiger charge is 2.32. The average Bonchev–Trinajstić information content (AvgIpc) is 2.71. The first-order valence-corrected chi connectivity index (χ1v) is 10.2. The van der Waals surface area contributed by atoms with Crippen LogP contribution in [-0.2, 0) is 14.3 Å². The molecule has 0 aromatic heterocycles. The highest BCUT2D eigenvalue weighted by atomic mass is 19.1. The molecule has 2 N–H and O–H groups in total. The van der Waals surface area contributed by atoms with E-state index in [1.807, 2.05) is 0 Å². The van der Waals surface area contributed by atoms with Crippen molar-refractivity contribution in [2.24, 2.45) is 11.3 Å². The fourth-order valence-corrected chi connectivity index (χ4v) is 3.67. The van der Waals surface area contributed by atoms with Crippen LogP contribution in [-0.4, -0.2) is 37.0 Å². The number of halogens is 1. The molecule has 2 rings (SSSR count). The van der Waals surface area contributed by atoms with Crippen molar-refractivity contribution in [2.75, 3.05) is 13.2 Å². The van der Waals surface area contributed by atoms with Gasteiger partial charge < -0.3 is 15.4 Å². The van der Waals surface area contributed by atoms with Crippen molar-refractivity contribution in [2.45, 2.75) is 58.9 Å². The molecule has 1 fully saturated rings. The average molecular weight is 406 g/mol. The van der Waals surface area contributed by atoms with Crippen molar-refractivity contribution >= 4 is 17.8 Å². The van der Waals surface area contributed by atoms with Gasteiger partial charge in [-0.2, -0.15) is 0 Å². The summed E-state index contributed by atoms with van der Waals surface area (Å²) in [6.07, 6.45) is 5.14. The normalized spacial score (nSPS) is 19.3. The van der Waals surface area contributed by atoms with Crippen LogP contribution in [0.15, 0.2) is 24.3 Å². The smallest absolute Gasteiger partial charge is 0.325 e. The predicted octanol–water partition coefficient (Wildman–Crippen LogP) is 3.21. The lowest BCUT2D eigenvalue weighted by molar-refractivity contribution is -0.147. The van der Waals surface area contributed by atoms with Crippen LogP contribution in [0.25, 0.3) is 0 Å². The van der Waals surface area contributed by atoms with E-state index in [0.29, 0.717) is 11.3 Å². The second kappa shape index (κ2) is 10.4. The quantitative estimate of drug-likeness (QED) is 0.650. The maximum atomic E-state index is 13.5. The van der Waals surface area contributed by atoms with Crippen LogP contribution < -0.4 is 10.6 Å². The number of esters is 1. The number of nitrogens with one attached hydrogen (secondary N) is 2. The monoisotopic (exact) mass is 406 g/mol. The highest BCUT2D eigenvalue weighted by molar-refractivity contribution is 5.96. The molecule has 6 nitrogen and oxygen atoms in total. The van der Waals surface area contributed by atoms with Crippen LogP contribution >= 0.6 is 0 Å². The van der Waals surface area contributed by atoms with E-state index in [0.717, 1.165) is 38.2 Å². The van der Waals surface area contributed by atoms with E-state index in [2.05, 4.69) is 31.4 Å². The van der Waals surface area contributed by atoms with Crippen molar-refractivity contribution in [1.82, 2.24) is 10.6 Å². The number of amides is 2. The van der Waals surface area contributed by atoms with Gasteiger partial charge >= 0.3 is 5.97 Å². The van der Waals surface area contributed by atoms with Crippen molar-refractivity contribution in [3.63, 3.8) is 0 Å². The van der Waals surface area contributed by atoms with Gasteiger partial charge in [0.1, 0.15) is 12.4 Å². The lowest BCUT2D eigenvalue weighted by atomic mass is 9.69. The summed E-state index contributed by atoms with van der Waals surface area (Å²) in [4.78, 5) is 35.6. The topological polar surface area (TPSA) is 84.5 Å². The Bertz CT molecular complexity index is 727. The predicted molar refractivity (Wildman–Crippen MR) is 108 cm³/mol. The zero-order chi connectivity index (χ0) is 21.4. The van der Waals surface area contributed by atoms with Gasteiger partial charge in [-0.1, -0.05) is 39.3 Å². The molecule has 0 heterocycles. The number of carbonyl (C=O) groups excluding carboxylic acids is 3. The molecule has 1 aromatic rings. The standard InChI is InChI=1S/C22H31FN2O4/c1-4-22(2,3)15-9-11-16(12-10-15)25-19(26)14-29-20(27)13-24-21(28)17-7-5-6-8-18(17)23/h5-8,15-16H,4,9-14H2,1-3H3,(H,24,28)(H,25,26). The second-order valence-corrected chi connectivity index (χ2v) is 8.28. The summed E-state index contributed by atoms with van der Waals surface area (Å²) >= 11 is 0. The number of benzene rings is 1. The summed E-state index contributed by atoms with van der Waals surface area (Å²) in [6.45, 7) is 5.97. The Hall–Kier alpha value is -2.44. The van der Waals surface area contributed by atoms with Crippen molar-refractivity contribution < 1.29 is 23.5 Å². The van der Waals surface area contributed by atoms with E-state index in [4.69, 9.17) is 4.74 Å². The van der Waals surface area contributed by atoms with Crippen LogP contribution in [0.5, 0.6) is 0 Å². The van der Waals surface area contributed by atoms with E-state index in [-0.39, 0.29) is 17.5 Å². The van der Waals surface area contributed by atoms with Crippen molar-refractivity contribution in [3.8, 4) is 0 Å². The molecule has 1 aromatic carbocycles. The summed E-state index contributed by atoms with van der Waals surface area (Å²) in [5, 5.41) is 5.19. The van der Waals surface area contributed by atoms with Crippen LogP contribution in [0, 0.1) is 17.2 Å². The molecule has 2 amide bonds. The fraction of sp³-hybridized carbons (Fsp3) is 0.591. The molecule has 0 bridgehead atoms. The Labute approximate surface area is 171 Å². The first-order chi connectivity index (χ1) is 13.7. The van der Waals surface area contributed by atoms with Gasteiger partial charge in [-0.05, 0) is 49.1 Å². The molecule has 0 unspecified atom stereocenters. The molecule has 1 saturated carbocycles. The highest BCUT2D eigenvalue weighted by Crippen LogP contribution is 2.40. The van der Waals surface area contributed by atoms with E-state index < -0.39 is 30.8 Å². The Kier molecular flexibility index (Phi) is 8.17. The summed E-state index contributed by atoms with van der Waals surface area (Å²) in [7, 11) is 0. The van der Waals surface area contributed by atoms with Gasteiger partial charge in [-0.3, -0.25) is 14.4 Å². The van der Waals surface area contributed by atoms with Gasteiger partial charge in [0, 0.05) is 6.04 Å². The lowest BCUT2D eigenvalue weighted by Gasteiger charge is -2.39. The zero-order valence-electron chi connectivity index (χ0n) is 17.4. The summed E-state index contributed by atoms with van der Waals surface area (Å²) in [5.41, 5.74) is 0.164. The summed E-state index contributed by atoms with van der Waals surface area (Å²) in [6, 6.07) is 5.58. The van der Waals surface area contributed by atoms with Crippen molar-refractivity contribution in [3.05, 3.63) is 35.6 Å². The third-order valence-electron chi connectivity index (χ3n) is 5.98. The third-order valence-corrected chi connectivity index (χ3v) is 5.98. The number of carbonyl (C=O) groups is 3. The first kappa shape index (κ1) is 22.8. The van der Waals surface area contributed by atoms with Gasteiger partial charge in [-0.15, -0.1) is 0 Å². The second-order valence-electron chi connectivity index (χ2n) is 8.28. The number of rotatable bonds is 8. The third kappa shape index (κ3) is 6.84. The molecule has 160 valence electrons. The van der Waals surface area contributed by atoms with Crippen LogP contribution in [0.1, 0.15) is 63.2 Å². The number of ether oxygens (including phenoxy) is 1. The Morgan fingerprint density at radius 1 is 1.14 bits per heavy atom. The van der Waals surface area contributed by atoms with E-state index >= 15 is 0 Å². The molecule has 29 heavy (non-hydrogen) atoms. The first-order valence-electron chi connectivity index (χ1n) is 10.2. The molecule has 0 saturated heterocycles. The minimum absolute atomic E-state index is 0.103. The van der Waals surface area contributed by atoms with Gasteiger partial charge in [0.2, 0.25) is 0 Å². The zero-order valence-corrected chi connectivity index (χ0v) is 17.4. The van der Waals surface area contributed by atoms with E-state index in [1.54, 1.807) is 0 Å². The van der Waals surface area contributed by atoms with Crippen LogP contribution in [0.2, 0.25) is 0 Å². The number of hydrogen-bond acceptors (Lipinski definition) is 4. The van der Waals surface area contributed by atoms with Crippen LogP contribution in [0.4, 0.5) is 4.39 Å². The molecular weight excluding hydrogens is 375 g/mol. The molecule has 0 radical (unpaired) electrons. The molecule has 0 aliphatic heterocycles. The molecular formula is C22H31FN2O4. The minimum Gasteiger partial charge on any atom is -0.454 e. The maximum Gasteiger partial charge on any atom is 0.325 e. The van der Waals surface area contributed by atoms with E-state index in [1.165, 1.54) is 18.2 Å². The molecule has 7 heteroatoms. The Balaban J connectivity index is 1.66. The maximum absolute atomic E-state index is 13.5. The fourth-order valence-electron chi connectivity index (χ4n) is 3.67. The molecule has 0 atom stereocenters. The Morgan fingerprint density at radius 2 is 1.79 bits per heavy atom. The van der Waals surface area contributed by atoms with Crippen molar-refractivity contribution in [1.29, 1.82) is 0 Å². The molecule has 1 aliphatic carbocycles. The SMILES string of the molecule is CCC(C)(C)C1CCC(NC(=O)COC(=O)CNC(=O)c2ccccc2F)CC1. The Morgan fingerprint density at radius 3 is 2.41 bits per heavy atom. The number of hydrogen-bond donors (Lipinski definition) is 2. The molecule has 1 aliphatic rings.